The summed E-state index contributed by atoms with van der Waals surface area (Å²) < 4.78 is 15.2. The number of carbonyl (C=O) groups is 1. The normalized spacial score (nSPS) is 17.5. The number of aryl methyl sites for hydroxylation is 1. The minimum Gasteiger partial charge on any atom is -0.340 e. The predicted molar refractivity (Wildman–Crippen MR) is 91.6 cm³/mol. The molecule has 3 heterocycles. The summed E-state index contributed by atoms with van der Waals surface area (Å²) in [6.45, 7) is 3.46. The summed E-state index contributed by atoms with van der Waals surface area (Å²) in [7, 11) is 0. The predicted octanol–water partition coefficient (Wildman–Crippen LogP) is 3.29. The molecule has 25 heavy (non-hydrogen) atoms. The lowest BCUT2D eigenvalue weighted by Gasteiger charge is -2.23. The van der Waals surface area contributed by atoms with Crippen LogP contribution in [0.15, 0.2) is 30.5 Å². The third-order valence-corrected chi connectivity index (χ3v) is 4.66. The maximum Gasteiger partial charge on any atom is 0.272 e. The molecule has 1 atom stereocenters. The van der Waals surface area contributed by atoms with E-state index in [1.807, 2.05) is 4.90 Å². The molecule has 1 N–H and O–H groups in total. The van der Waals surface area contributed by atoms with Gasteiger partial charge in [-0.2, -0.15) is 5.10 Å². The smallest absolute Gasteiger partial charge is 0.272 e. The first-order valence-electron chi connectivity index (χ1n) is 8.65. The number of amides is 1. The average molecular weight is 341 g/mol. The highest BCUT2D eigenvalue weighted by Crippen LogP contribution is 2.32. The third kappa shape index (κ3) is 2.79. The number of halogens is 1. The van der Waals surface area contributed by atoms with Crippen molar-refractivity contribution >= 4 is 16.9 Å². The largest absolute Gasteiger partial charge is 0.340 e. The molecule has 4 rings (SSSR count). The van der Waals surface area contributed by atoms with E-state index in [0.717, 1.165) is 25.8 Å². The minimum atomic E-state index is -0.300. The summed E-state index contributed by atoms with van der Waals surface area (Å²) in [5.41, 5.74) is 1.98. The number of hydrogen-bond donors (Lipinski definition) is 1. The number of aromatic nitrogens is 4. The number of rotatable bonds is 4. The van der Waals surface area contributed by atoms with Crippen LogP contribution in [0, 0.1) is 5.82 Å². The molecule has 1 unspecified atom stereocenters. The van der Waals surface area contributed by atoms with Gasteiger partial charge in [-0.1, -0.05) is 6.92 Å². The maximum absolute atomic E-state index is 13.4. The second kappa shape index (κ2) is 6.31. The third-order valence-electron chi connectivity index (χ3n) is 4.66. The number of H-pyrrole nitrogens is 1. The Balaban J connectivity index is 1.65. The SMILES string of the molecule is CCCn1nccc1C(=O)N1CCCC1c1nc2ccc(F)cc2[nH]1. The summed E-state index contributed by atoms with van der Waals surface area (Å²) in [6, 6.07) is 6.13. The monoisotopic (exact) mass is 341 g/mol. The molecule has 2 aromatic heterocycles. The van der Waals surface area contributed by atoms with Crippen LogP contribution in [-0.4, -0.2) is 37.1 Å². The van der Waals surface area contributed by atoms with Gasteiger partial charge in [0.25, 0.3) is 5.91 Å². The average Bonchev–Trinajstić information content (AvgIpc) is 3.32. The number of nitrogens with zero attached hydrogens (tertiary/aromatic N) is 4. The zero-order chi connectivity index (χ0) is 17.4. The second-order valence-corrected chi connectivity index (χ2v) is 6.38. The fourth-order valence-electron chi connectivity index (χ4n) is 3.50. The minimum absolute atomic E-state index is 0.0277. The molecule has 1 fully saturated rings. The van der Waals surface area contributed by atoms with E-state index in [0.29, 0.717) is 29.1 Å². The Morgan fingerprint density at radius 1 is 1.40 bits per heavy atom. The molecular formula is C18H20FN5O. The topological polar surface area (TPSA) is 66.8 Å². The lowest BCUT2D eigenvalue weighted by molar-refractivity contribution is 0.0717. The van der Waals surface area contributed by atoms with Gasteiger partial charge >= 0.3 is 0 Å². The number of imidazole rings is 1. The zero-order valence-corrected chi connectivity index (χ0v) is 14.1. The van der Waals surface area contributed by atoms with Gasteiger partial charge in [0.15, 0.2) is 0 Å². The molecule has 0 spiro atoms. The van der Waals surface area contributed by atoms with E-state index in [4.69, 9.17) is 0 Å². The van der Waals surface area contributed by atoms with Crippen LogP contribution in [0.4, 0.5) is 4.39 Å². The molecule has 0 bridgehead atoms. The van der Waals surface area contributed by atoms with Gasteiger partial charge in [0.2, 0.25) is 0 Å². The van der Waals surface area contributed by atoms with Gasteiger partial charge in [0.05, 0.1) is 17.1 Å². The van der Waals surface area contributed by atoms with Crippen LogP contribution in [0.2, 0.25) is 0 Å². The van der Waals surface area contributed by atoms with Crippen molar-refractivity contribution in [1.82, 2.24) is 24.6 Å². The Kier molecular flexibility index (Phi) is 3.99. The molecule has 130 valence electrons. The molecule has 3 aromatic rings. The van der Waals surface area contributed by atoms with Crippen LogP contribution >= 0.6 is 0 Å². The van der Waals surface area contributed by atoms with Crippen molar-refractivity contribution in [2.45, 2.75) is 38.8 Å². The Morgan fingerprint density at radius 3 is 3.12 bits per heavy atom. The van der Waals surface area contributed by atoms with Crippen molar-refractivity contribution < 1.29 is 9.18 Å². The van der Waals surface area contributed by atoms with E-state index in [9.17, 15) is 9.18 Å². The lowest BCUT2D eigenvalue weighted by atomic mass is 10.2. The van der Waals surface area contributed by atoms with Gasteiger partial charge in [0, 0.05) is 19.3 Å². The fraction of sp³-hybridized carbons (Fsp3) is 0.389. The van der Waals surface area contributed by atoms with Gasteiger partial charge in [0.1, 0.15) is 17.3 Å². The van der Waals surface area contributed by atoms with Crippen molar-refractivity contribution in [2.24, 2.45) is 0 Å². The molecule has 1 aliphatic rings. The maximum atomic E-state index is 13.4. The molecule has 1 aromatic carbocycles. The van der Waals surface area contributed by atoms with Gasteiger partial charge in [-0.25, -0.2) is 9.37 Å². The molecule has 1 amide bonds. The number of fused-ring (bicyclic) bond motifs is 1. The van der Waals surface area contributed by atoms with Crippen molar-refractivity contribution in [2.75, 3.05) is 6.54 Å². The molecule has 0 saturated carbocycles. The Morgan fingerprint density at radius 2 is 2.28 bits per heavy atom. The number of hydrogen-bond acceptors (Lipinski definition) is 3. The highest BCUT2D eigenvalue weighted by molar-refractivity contribution is 5.93. The van der Waals surface area contributed by atoms with Crippen LogP contribution in [0.25, 0.3) is 11.0 Å². The summed E-state index contributed by atoms with van der Waals surface area (Å²) in [5, 5.41) is 4.24. The molecule has 7 heteroatoms. The highest BCUT2D eigenvalue weighted by atomic mass is 19.1. The molecule has 6 nitrogen and oxygen atoms in total. The van der Waals surface area contributed by atoms with E-state index in [1.54, 1.807) is 23.0 Å². The molecular weight excluding hydrogens is 321 g/mol. The highest BCUT2D eigenvalue weighted by Gasteiger charge is 2.33. The Hall–Kier alpha value is -2.70. The van der Waals surface area contributed by atoms with Crippen molar-refractivity contribution in [3.63, 3.8) is 0 Å². The lowest BCUT2D eigenvalue weighted by Crippen LogP contribution is -2.32. The number of carbonyl (C=O) groups excluding carboxylic acids is 1. The fourth-order valence-corrected chi connectivity index (χ4v) is 3.50. The van der Waals surface area contributed by atoms with E-state index in [1.165, 1.54) is 12.1 Å². The molecule has 1 saturated heterocycles. The second-order valence-electron chi connectivity index (χ2n) is 6.38. The summed E-state index contributed by atoms with van der Waals surface area (Å²) in [4.78, 5) is 22.6. The van der Waals surface area contributed by atoms with Crippen LogP contribution in [0.5, 0.6) is 0 Å². The Bertz CT molecular complexity index is 915. The molecule has 0 radical (unpaired) electrons. The van der Waals surface area contributed by atoms with E-state index in [-0.39, 0.29) is 17.8 Å². The van der Waals surface area contributed by atoms with E-state index in [2.05, 4.69) is 22.0 Å². The van der Waals surface area contributed by atoms with Gasteiger partial charge in [-0.05, 0) is 43.5 Å². The van der Waals surface area contributed by atoms with Crippen LogP contribution in [-0.2, 0) is 6.54 Å². The first-order valence-corrected chi connectivity index (χ1v) is 8.65. The number of nitrogens with one attached hydrogen (secondary N) is 1. The zero-order valence-electron chi connectivity index (χ0n) is 14.1. The van der Waals surface area contributed by atoms with E-state index < -0.39 is 0 Å². The summed E-state index contributed by atoms with van der Waals surface area (Å²) in [6.07, 6.45) is 4.35. The molecule has 1 aliphatic heterocycles. The van der Waals surface area contributed by atoms with Crippen LogP contribution in [0.3, 0.4) is 0 Å². The number of likely N-dealkylation sites (tertiary alicyclic amines) is 1. The quantitative estimate of drug-likeness (QED) is 0.792. The standard InChI is InChI=1S/C18H20FN5O/c1-2-9-24-16(7-8-20-24)18(25)23-10-3-4-15(23)17-21-13-6-5-12(19)11-14(13)22-17/h5-8,11,15H,2-4,9-10H2,1H3,(H,21,22). The van der Waals surface area contributed by atoms with Crippen LogP contribution in [0.1, 0.15) is 48.5 Å². The molecule has 0 aliphatic carbocycles. The van der Waals surface area contributed by atoms with E-state index >= 15 is 0 Å². The number of aromatic amines is 1. The summed E-state index contributed by atoms with van der Waals surface area (Å²) >= 11 is 0. The summed E-state index contributed by atoms with van der Waals surface area (Å²) in [5.74, 6) is 0.388. The van der Waals surface area contributed by atoms with Crippen LogP contribution < -0.4 is 0 Å². The van der Waals surface area contributed by atoms with Gasteiger partial charge < -0.3 is 9.88 Å². The Labute approximate surface area is 144 Å². The first kappa shape index (κ1) is 15.8. The van der Waals surface area contributed by atoms with Crippen molar-refractivity contribution in [1.29, 1.82) is 0 Å². The van der Waals surface area contributed by atoms with Gasteiger partial charge in [-0.3, -0.25) is 9.48 Å². The van der Waals surface area contributed by atoms with Crippen molar-refractivity contribution in [3.05, 3.63) is 47.8 Å². The number of benzene rings is 1. The van der Waals surface area contributed by atoms with Crippen molar-refractivity contribution in [3.8, 4) is 0 Å². The first-order chi connectivity index (χ1) is 12.2. The van der Waals surface area contributed by atoms with Gasteiger partial charge in [-0.15, -0.1) is 0 Å².